The number of sulfone groups is 1. The van der Waals surface area contributed by atoms with E-state index in [4.69, 9.17) is 0 Å². The second-order valence-electron chi connectivity index (χ2n) is 6.60. The molecule has 1 aliphatic rings. The molecule has 9 heteroatoms. The summed E-state index contributed by atoms with van der Waals surface area (Å²) in [7, 11) is -3.57. The van der Waals surface area contributed by atoms with Crippen molar-refractivity contribution >= 4 is 27.1 Å². The van der Waals surface area contributed by atoms with Crippen molar-refractivity contribution in [3.8, 4) is 10.6 Å². The van der Waals surface area contributed by atoms with Gasteiger partial charge in [-0.25, -0.2) is 12.8 Å². The molecule has 28 heavy (non-hydrogen) atoms. The second kappa shape index (κ2) is 7.48. The van der Waals surface area contributed by atoms with Crippen LogP contribution in [0.1, 0.15) is 27.7 Å². The lowest BCUT2D eigenvalue weighted by molar-refractivity contribution is 0.0760. The SMILES string of the molecule is O=C(c1cc(-c2cccs2)[nH]n1)N1CCC(c2ccccc2F)S(=O)(=O)CC1. The van der Waals surface area contributed by atoms with Crippen molar-refractivity contribution < 1.29 is 17.6 Å². The van der Waals surface area contributed by atoms with Gasteiger partial charge in [0.15, 0.2) is 15.5 Å². The van der Waals surface area contributed by atoms with Crippen molar-refractivity contribution in [2.45, 2.75) is 11.7 Å². The van der Waals surface area contributed by atoms with E-state index in [0.717, 1.165) is 10.6 Å². The number of hydrogen-bond acceptors (Lipinski definition) is 5. The van der Waals surface area contributed by atoms with Gasteiger partial charge in [-0.05, 0) is 30.0 Å². The minimum Gasteiger partial charge on any atom is -0.336 e. The number of aromatic amines is 1. The first-order chi connectivity index (χ1) is 13.5. The molecule has 2 aromatic heterocycles. The highest BCUT2D eigenvalue weighted by Gasteiger charge is 2.34. The molecule has 0 bridgehead atoms. The van der Waals surface area contributed by atoms with E-state index in [1.165, 1.54) is 34.4 Å². The fraction of sp³-hybridized carbons (Fsp3) is 0.263. The van der Waals surface area contributed by atoms with Crippen LogP contribution in [0.3, 0.4) is 0 Å². The van der Waals surface area contributed by atoms with E-state index < -0.39 is 20.9 Å². The van der Waals surface area contributed by atoms with Gasteiger partial charge < -0.3 is 4.90 Å². The first kappa shape index (κ1) is 18.8. The largest absolute Gasteiger partial charge is 0.336 e. The minimum atomic E-state index is -3.57. The van der Waals surface area contributed by atoms with Crippen molar-refractivity contribution in [1.82, 2.24) is 15.1 Å². The van der Waals surface area contributed by atoms with Gasteiger partial charge in [-0.1, -0.05) is 24.3 Å². The Kier molecular flexibility index (Phi) is 5.03. The molecule has 1 fully saturated rings. The highest BCUT2D eigenvalue weighted by Crippen LogP contribution is 2.31. The van der Waals surface area contributed by atoms with E-state index in [9.17, 15) is 17.6 Å². The van der Waals surface area contributed by atoms with Gasteiger partial charge in [-0.3, -0.25) is 9.89 Å². The summed E-state index contributed by atoms with van der Waals surface area (Å²) in [4.78, 5) is 15.3. The van der Waals surface area contributed by atoms with Crippen LogP contribution in [0.15, 0.2) is 47.8 Å². The Balaban J connectivity index is 1.55. The molecule has 1 aliphatic heterocycles. The topological polar surface area (TPSA) is 83.1 Å². The molecular weight excluding hydrogens is 401 g/mol. The third kappa shape index (κ3) is 3.59. The first-order valence-corrected chi connectivity index (χ1v) is 11.4. The van der Waals surface area contributed by atoms with Crippen LogP contribution in [0.25, 0.3) is 10.6 Å². The number of benzene rings is 1. The number of amides is 1. The number of carbonyl (C=O) groups excluding carboxylic acids is 1. The summed E-state index contributed by atoms with van der Waals surface area (Å²) in [6.07, 6.45) is 0.150. The van der Waals surface area contributed by atoms with Crippen LogP contribution in [-0.2, 0) is 9.84 Å². The smallest absolute Gasteiger partial charge is 0.274 e. The van der Waals surface area contributed by atoms with E-state index >= 15 is 0 Å². The number of rotatable bonds is 3. The van der Waals surface area contributed by atoms with Gasteiger partial charge in [0.05, 0.1) is 21.6 Å². The lowest BCUT2D eigenvalue weighted by Gasteiger charge is -2.18. The van der Waals surface area contributed by atoms with Crippen LogP contribution in [0.5, 0.6) is 0 Å². The maximum Gasteiger partial charge on any atom is 0.274 e. The Morgan fingerprint density at radius 1 is 1.21 bits per heavy atom. The summed E-state index contributed by atoms with van der Waals surface area (Å²) in [6.45, 7) is 0.283. The van der Waals surface area contributed by atoms with Gasteiger partial charge in [0.1, 0.15) is 5.82 Å². The third-order valence-electron chi connectivity index (χ3n) is 4.86. The highest BCUT2D eigenvalue weighted by molar-refractivity contribution is 7.91. The van der Waals surface area contributed by atoms with Crippen molar-refractivity contribution in [1.29, 1.82) is 0 Å². The summed E-state index contributed by atoms with van der Waals surface area (Å²) in [5, 5.41) is 7.91. The second-order valence-corrected chi connectivity index (χ2v) is 9.85. The standard InChI is InChI=1S/C19H18FN3O3S2/c20-14-5-2-1-4-13(14)18-7-8-23(9-11-28(18,25)26)19(24)16-12-15(21-22-16)17-6-3-10-27-17/h1-6,10,12,18H,7-9,11H2,(H,21,22). The van der Waals surface area contributed by atoms with Gasteiger partial charge in [-0.2, -0.15) is 5.10 Å². The van der Waals surface area contributed by atoms with E-state index in [-0.39, 0.29) is 42.4 Å². The van der Waals surface area contributed by atoms with Crippen molar-refractivity contribution in [2.75, 3.05) is 18.8 Å². The summed E-state index contributed by atoms with van der Waals surface area (Å²) in [6, 6.07) is 11.4. The fourth-order valence-electron chi connectivity index (χ4n) is 3.38. The van der Waals surface area contributed by atoms with Crippen LogP contribution in [-0.4, -0.2) is 48.3 Å². The monoisotopic (exact) mass is 419 g/mol. The van der Waals surface area contributed by atoms with E-state index in [1.807, 2.05) is 17.5 Å². The lowest BCUT2D eigenvalue weighted by Crippen LogP contribution is -2.33. The molecule has 0 saturated carbocycles. The molecule has 6 nitrogen and oxygen atoms in total. The first-order valence-electron chi connectivity index (χ1n) is 8.80. The number of H-pyrrole nitrogens is 1. The lowest BCUT2D eigenvalue weighted by atomic mass is 10.1. The number of hydrogen-bond donors (Lipinski definition) is 1. The zero-order chi connectivity index (χ0) is 19.7. The quantitative estimate of drug-likeness (QED) is 0.706. The summed E-state index contributed by atoms with van der Waals surface area (Å²) in [5.41, 5.74) is 1.15. The molecule has 4 rings (SSSR count). The van der Waals surface area contributed by atoms with Gasteiger partial charge >= 0.3 is 0 Å². The Labute approximate surface area is 165 Å². The van der Waals surface area contributed by atoms with E-state index in [1.54, 1.807) is 12.1 Å². The Hall–Kier alpha value is -2.52. The molecule has 0 spiro atoms. The molecule has 1 atom stereocenters. The van der Waals surface area contributed by atoms with Gasteiger partial charge in [0.2, 0.25) is 0 Å². The number of carbonyl (C=O) groups is 1. The van der Waals surface area contributed by atoms with Gasteiger partial charge in [0, 0.05) is 18.7 Å². The average Bonchev–Trinajstić information content (AvgIpc) is 3.33. The highest BCUT2D eigenvalue weighted by atomic mass is 32.2. The molecule has 0 aliphatic carbocycles. The summed E-state index contributed by atoms with van der Waals surface area (Å²) in [5.74, 6) is -1.08. The van der Waals surface area contributed by atoms with Gasteiger partial charge in [-0.15, -0.1) is 11.3 Å². The Morgan fingerprint density at radius 3 is 2.79 bits per heavy atom. The zero-order valence-electron chi connectivity index (χ0n) is 14.8. The Bertz CT molecular complexity index is 1090. The van der Waals surface area contributed by atoms with Crippen LogP contribution in [0.4, 0.5) is 4.39 Å². The maximum absolute atomic E-state index is 14.1. The Morgan fingerprint density at radius 2 is 2.04 bits per heavy atom. The third-order valence-corrected chi connectivity index (χ3v) is 7.87. The molecular formula is C19H18FN3O3S2. The molecule has 3 aromatic rings. The van der Waals surface area contributed by atoms with Crippen molar-refractivity contribution in [2.24, 2.45) is 0 Å². The maximum atomic E-state index is 14.1. The predicted octanol–water partition coefficient (Wildman–Crippen LogP) is 3.28. The average molecular weight is 420 g/mol. The van der Waals surface area contributed by atoms with Crippen molar-refractivity contribution in [3.05, 3.63) is 64.9 Å². The molecule has 0 radical (unpaired) electrons. The van der Waals surface area contributed by atoms with Crippen LogP contribution >= 0.6 is 11.3 Å². The number of aromatic nitrogens is 2. The van der Waals surface area contributed by atoms with E-state index in [0.29, 0.717) is 0 Å². The fourth-order valence-corrected chi connectivity index (χ4v) is 5.88. The van der Waals surface area contributed by atoms with Crippen molar-refractivity contribution in [3.63, 3.8) is 0 Å². The van der Waals surface area contributed by atoms with E-state index in [2.05, 4.69) is 10.2 Å². The minimum absolute atomic E-state index is 0.0628. The zero-order valence-corrected chi connectivity index (χ0v) is 16.5. The normalized spacial score (nSPS) is 19.3. The summed E-state index contributed by atoms with van der Waals surface area (Å²) < 4.78 is 39.5. The number of nitrogens with zero attached hydrogens (tertiary/aromatic N) is 2. The van der Waals surface area contributed by atoms with Gasteiger partial charge in [0.25, 0.3) is 5.91 Å². The number of nitrogens with one attached hydrogen (secondary N) is 1. The molecule has 1 amide bonds. The number of halogens is 1. The molecule has 1 N–H and O–H groups in total. The van der Waals surface area contributed by atoms with Crippen LogP contribution in [0, 0.1) is 5.82 Å². The van der Waals surface area contributed by atoms with Crippen LogP contribution < -0.4 is 0 Å². The molecule has 1 aromatic carbocycles. The molecule has 1 unspecified atom stereocenters. The molecule has 1 saturated heterocycles. The molecule has 146 valence electrons. The molecule has 3 heterocycles. The predicted molar refractivity (Wildman–Crippen MR) is 105 cm³/mol. The van der Waals surface area contributed by atoms with Crippen LogP contribution in [0.2, 0.25) is 0 Å². The number of thiophene rings is 1. The summed E-state index contributed by atoms with van der Waals surface area (Å²) >= 11 is 1.53.